The highest BCUT2D eigenvalue weighted by molar-refractivity contribution is 6.59. The number of aromatic nitrogens is 2. The summed E-state index contributed by atoms with van der Waals surface area (Å²) in [6.45, 7) is 6.57. The third-order valence-corrected chi connectivity index (χ3v) is 2.96. The SMILES string of the molecule is CC(C)(O)C(C)(C)OB(O)c1ccnc(Cl)n1. The lowest BCUT2D eigenvalue weighted by atomic mass is 9.80. The van der Waals surface area contributed by atoms with Crippen molar-refractivity contribution in [2.45, 2.75) is 38.9 Å². The van der Waals surface area contributed by atoms with Crippen LogP contribution in [0.25, 0.3) is 0 Å². The predicted octanol–water partition coefficient (Wildman–Crippen LogP) is 0.384. The minimum Gasteiger partial charge on any atom is -0.422 e. The van der Waals surface area contributed by atoms with E-state index in [-0.39, 0.29) is 10.9 Å². The first-order valence-electron chi connectivity index (χ1n) is 5.20. The summed E-state index contributed by atoms with van der Waals surface area (Å²) in [6, 6.07) is 1.50. The Balaban J connectivity index is 2.83. The van der Waals surface area contributed by atoms with Gasteiger partial charge >= 0.3 is 7.12 Å². The molecule has 7 heteroatoms. The molecule has 5 nitrogen and oxygen atoms in total. The number of nitrogens with zero attached hydrogens (tertiary/aromatic N) is 2. The third-order valence-electron chi connectivity index (χ3n) is 2.78. The Morgan fingerprint density at radius 3 is 2.41 bits per heavy atom. The van der Waals surface area contributed by atoms with Gasteiger partial charge in [0.05, 0.1) is 16.8 Å². The van der Waals surface area contributed by atoms with Gasteiger partial charge in [-0.05, 0) is 45.4 Å². The van der Waals surface area contributed by atoms with E-state index in [9.17, 15) is 10.1 Å². The minimum absolute atomic E-state index is 0.0335. The summed E-state index contributed by atoms with van der Waals surface area (Å²) < 4.78 is 5.40. The summed E-state index contributed by atoms with van der Waals surface area (Å²) in [7, 11) is -1.27. The molecule has 0 aliphatic carbocycles. The number of hydrogen-bond acceptors (Lipinski definition) is 5. The molecule has 17 heavy (non-hydrogen) atoms. The normalized spacial score (nSPS) is 12.6. The molecule has 0 atom stereocenters. The lowest BCUT2D eigenvalue weighted by Gasteiger charge is -2.38. The Hall–Kier alpha value is -0.685. The fourth-order valence-electron chi connectivity index (χ4n) is 0.969. The molecule has 1 rings (SSSR count). The zero-order chi connectivity index (χ0) is 13.3. The van der Waals surface area contributed by atoms with Crippen molar-refractivity contribution in [1.29, 1.82) is 0 Å². The van der Waals surface area contributed by atoms with Gasteiger partial charge in [-0.2, -0.15) is 0 Å². The fourth-order valence-corrected chi connectivity index (χ4v) is 1.12. The Kier molecular flexibility index (Phi) is 4.14. The second kappa shape index (κ2) is 4.90. The largest absolute Gasteiger partial charge is 0.511 e. The minimum atomic E-state index is -1.27. The molecule has 1 aromatic heterocycles. The maximum atomic E-state index is 9.90. The topological polar surface area (TPSA) is 75.5 Å². The van der Waals surface area contributed by atoms with Gasteiger partial charge in [0.15, 0.2) is 0 Å². The molecule has 0 fully saturated rings. The van der Waals surface area contributed by atoms with Crippen LogP contribution in [0.15, 0.2) is 12.3 Å². The predicted molar refractivity (Wildman–Crippen MR) is 66.1 cm³/mol. The molecule has 0 saturated carbocycles. The van der Waals surface area contributed by atoms with E-state index < -0.39 is 18.3 Å². The number of hydrogen-bond donors (Lipinski definition) is 2. The van der Waals surface area contributed by atoms with E-state index in [2.05, 4.69) is 9.97 Å². The average Bonchev–Trinajstić information content (AvgIpc) is 2.15. The summed E-state index contributed by atoms with van der Waals surface area (Å²) in [5.74, 6) is 0. The van der Waals surface area contributed by atoms with Crippen LogP contribution in [-0.2, 0) is 4.65 Å². The van der Waals surface area contributed by atoms with Gasteiger partial charge in [0.1, 0.15) is 0 Å². The maximum Gasteiger partial charge on any atom is 0.511 e. The van der Waals surface area contributed by atoms with Crippen molar-refractivity contribution < 1.29 is 14.8 Å². The van der Waals surface area contributed by atoms with Crippen molar-refractivity contribution in [1.82, 2.24) is 9.97 Å². The highest BCUT2D eigenvalue weighted by Gasteiger charge is 2.40. The smallest absolute Gasteiger partial charge is 0.422 e. The molecule has 94 valence electrons. The maximum absolute atomic E-state index is 9.90. The van der Waals surface area contributed by atoms with E-state index in [1.807, 2.05) is 0 Å². The molecule has 1 aromatic rings. The van der Waals surface area contributed by atoms with Crippen molar-refractivity contribution in [3.05, 3.63) is 17.5 Å². The van der Waals surface area contributed by atoms with Gasteiger partial charge in [-0.3, -0.25) is 0 Å². The molecule has 0 unspecified atom stereocenters. The third kappa shape index (κ3) is 3.64. The van der Waals surface area contributed by atoms with Crippen LogP contribution in [0.3, 0.4) is 0 Å². The van der Waals surface area contributed by atoms with E-state index in [0.717, 1.165) is 0 Å². The van der Waals surface area contributed by atoms with E-state index in [1.54, 1.807) is 27.7 Å². The van der Waals surface area contributed by atoms with Crippen molar-refractivity contribution in [3.63, 3.8) is 0 Å². The molecular formula is C10H16BClN2O3. The van der Waals surface area contributed by atoms with Crippen molar-refractivity contribution >= 4 is 24.3 Å². The van der Waals surface area contributed by atoms with Crippen LogP contribution in [0.2, 0.25) is 5.28 Å². The summed E-state index contributed by atoms with van der Waals surface area (Å²) in [5, 5.41) is 19.8. The van der Waals surface area contributed by atoms with E-state index in [0.29, 0.717) is 0 Å². The molecule has 0 amide bonds. The van der Waals surface area contributed by atoms with Crippen LogP contribution in [0.1, 0.15) is 27.7 Å². The van der Waals surface area contributed by atoms with E-state index in [4.69, 9.17) is 16.3 Å². The van der Waals surface area contributed by atoms with Crippen LogP contribution in [0.5, 0.6) is 0 Å². The first-order valence-corrected chi connectivity index (χ1v) is 5.58. The number of aliphatic hydroxyl groups is 1. The van der Waals surface area contributed by atoms with Gasteiger partial charge in [0.25, 0.3) is 0 Å². The second-order valence-electron chi connectivity index (χ2n) is 4.79. The highest BCUT2D eigenvalue weighted by atomic mass is 35.5. The fraction of sp³-hybridized carbons (Fsp3) is 0.600. The molecule has 0 spiro atoms. The number of halogens is 1. The highest BCUT2D eigenvalue weighted by Crippen LogP contribution is 2.25. The molecule has 0 bridgehead atoms. The lowest BCUT2D eigenvalue weighted by molar-refractivity contribution is -0.0983. The molecule has 0 radical (unpaired) electrons. The monoisotopic (exact) mass is 258 g/mol. The Morgan fingerprint density at radius 2 is 1.94 bits per heavy atom. The Labute approximate surface area is 106 Å². The van der Waals surface area contributed by atoms with Crippen molar-refractivity contribution in [2.75, 3.05) is 0 Å². The molecule has 0 aromatic carbocycles. The molecular weight excluding hydrogens is 242 g/mol. The van der Waals surface area contributed by atoms with Gasteiger partial charge < -0.3 is 14.8 Å². The average molecular weight is 259 g/mol. The Bertz CT molecular complexity index is 395. The van der Waals surface area contributed by atoms with Crippen LogP contribution in [-0.4, -0.2) is 38.4 Å². The van der Waals surface area contributed by atoms with Gasteiger partial charge in [-0.15, -0.1) is 0 Å². The van der Waals surface area contributed by atoms with Gasteiger partial charge in [0, 0.05) is 6.20 Å². The molecule has 0 aliphatic rings. The first kappa shape index (κ1) is 14.4. The Morgan fingerprint density at radius 1 is 1.35 bits per heavy atom. The van der Waals surface area contributed by atoms with E-state index >= 15 is 0 Å². The summed E-state index contributed by atoms with van der Waals surface area (Å²) in [6.07, 6.45) is 1.42. The van der Waals surface area contributed by atoms with Crippen LogP contribution < -0.4 is 5.59 Å². The molecule has 2 N–H and O–H groups in total. The van der Waals surface area contributed by atoms with Crippen LogP contribution in [0.4, 0.5) is 0 Å². The molecule has 0 saturated heterocycles. The zero-order valence-corrected chi connectivity index (χ0v) is 11.1. The van der Waals surface area contributed by atoms with Gasteiger partial charge in [-0.1, -0.05) is 0 Å². The van der Waals surface area contributed by atoms with E-state index in [1.165, 1.54) is 12.3 Å². The molecule has 1 heterocycles. The summed E-state index contributed by atoms with van der Waals surface area (Å²) in [5.41, 5.74) is -1.79. The van der Waals surface area contributed by atoms with Crippen molar-refractivity contribution in [2.24, 2.45) is 0 Å². The van der Waals surface area contributed by atoms with Crippen LogP contribution >= 0.6 is 11.6 Å². The zero-order valence-electron chi connectivity index (χ0n) is 10.3. The summed E-state index contributed by atoms with van der Waals surface area (Å²) in [4.78, 5) is 7.54. The van der Waals surface area contributed by atoms with Crippen molar-refractivity contribution in [3.8, 4) is 0 Å². The number of rotatable bonds is 4. The van der Waals surface area contributed by atoms with Crippen LogP contribution in [0, 0.1) is 0 Å². The lowest BCUT2D eigenvalue weighted by Crippen LogP contribution is -2.53. The quantitative estimate of drug-likeness (QED) is 0.603. The van der Waals surface area contributed by atoms with Gasteiger partial charge in [0.2, 0.25) is 5.28 Å². The second-order valence-corrected chi connectivity index (χ2v) is 5.13. The standard InChI is InChI=1S/C10H16BClN2O3/c1-9(2,15)10(3,4)17-11(16)7-5-6-13-8(12)14-7/h5-6,15-16H,1-4H3. The molecule has 0 aliphatic heterocycles. The first-order chi connectivity index (χ1) is 7.63. The summed E-state index contributed by atoms with van der Waals surface area (Å²) >= 11 is 5.61. The van der Waals surface area contributed by atoms with Gasteiger partial charge in [-0.25, -0.2) is 9.97 Å².